The molecule has 0 radical (unpaired) electrons. The summed E-state index contributed by atoms with van der Waals surface area (Å²) in [7, 11) is 0. The molecule has 0 bridgehead atoms. The maximum absolute atomic E-state index is 10.5. The van der Waals surface area contributed by atoms with E-state index in [1.54, 1.807) is 6.08 Å². The van der Waals surface area contributed by atoms with E-state index in [-0.39, 0.29) is 11.0 Å². The van der Waals surface area contributed by atoms with Crippen molar-refractivity contribution in [1.29, 1.82) is 0 Å². The summed E-state index contributed by atoms with van der Waals surface area (Å²) in [5, 5.41) is 0. The minimum absolute atomic E-state index is 0.148. The van der Waals surface area contributed by atoms with Gasteiger partial charge in [0.05, 0.1) is 12.2 Å². The van der Waals surface area contributed by atoms with Crippen LogP contribution in [-0.4, -0.2) is 23.3 Å². The highest BCUT2D eigenvalue weighted by atomic mass is 79.9. The molecule has 0 N–H and O–H groups in total. The minimum atomic E-state index is 0.148. The van der Waals surface area contributed by atoms with Crippen molar-refractivity contribution in [3.8, 4) is 0 Å². The highest BCUT2D eigenvalue weighted by Gasteiger charge is 2.60. The molecule has 1 heterocycles. The topological polar surface area (TPSA) is 29.6 Å². The second-order valence-electron chi connectivity index (χ2n) is 6.42. The zero-order valence-electron chi connectivity index (χ0n) is 11.5. The standard InChI is InChI=1S/C15H23BrO2/c1-11(7-9-17)4-5-12-14(2,3)13(16)6-8-15(12)10-18-15/h7,9,12-13H,4-6,8,10H2,1-3H3/b11-7+. The molecule has 0 aromatic carbocycles. The highest BCUT2D eigenvalue weighted by molar-refractivity contribution is 9.09. The minimum Gasteiger partial charge on any atom is -0.369 e. The van der Waals surface area contributed by atoms with Gasteiger partial charge in [-0.15, -0.1) is 0 Å². The largest absolute Gasteiger partial charge is 0.369 e. The monoisotopic (exact) mass is 314 g/mol. The lowest BCUT2D eigenvalue weighted by molar-refractivity contribution is -0.104. The van der Waals surface area contributed by atoms with Gasteiger partial charge in [0, 0.05) is 4.83 Å². The Morgan fingerprint density at radius 1 is 1.50 bits per heavy atom. The summed E-state index contributed by atoms with van der Waals surface area (Å²) >= 11 is 3.84. The SMILES string of the molecule is C/C(=C\C=O)CCC1C2(CCC(Br)C1(C)C)CO2. The van der Waals surface area contributed by atoms with Crippen LogP contribution in [0.5, 0.6) is 0 Å². The second-order valence-corrected chi connectivity index (χ2v) is 7.53. The Labute approximate surface area is 118 Å². The Morgan fingerprint density at radius 2 is 2.17 bits per heavy atom. The number of aldehydes is 1. The Hall–Kier alpha value is -0.150. The fourth-order valence-electron chi connectivity index (χ4n) is 3.46. The van der Waals surface area contributed by atoms with Gasteiger partial charge >= 0.3 is 0 Å². The molecule has 2 nitrogen and oxygen atoms in total. The fraction of sp³-hybridized carbons (Fsp3) is 0.800. The van der Waals surface area contributed by atoms with Crippen molar-refractivity contribution in [2.45, 2.75) is 56.9 Å². The molecule has 3 heteroatoms. The van der Waals surface area contributed by atoms with Crippen molar-refractivity contribution >= 4 is 22.2 Å². The molecule has 0 aromatic rings. The molecular formula is C15H23BrO2. The van der Waals surface area contributed by atoms with Gasteiger partial charge in [0.25, 0.3) is 0 Å². The molecule has 2 aliphatic rings. The smallest absolute Gasteiger partial charge is 0.142 e. The Bertz CT molecular complexity index is 356. The number of halogens is 1. The first-order chi connectivity index (χ1) is 8.42. The molecule has 0 aromatic heterocycles. The van der Waals surface area contributed by atoms with Crippen LogP contribution in [0.1, 0.15) is 46.5 Å². The zero-order chi connectivity index (χ0) is 13.4. The molecule has 1 aliphatic heterocycles. The van der Waals surface area contributed by atoms with Crippen LogP contribution in [0, 0.1) is 11.3 Å². The van der Waals surface area contributed by atoms with Crippen LogP contribution < -0.4 is 0 Å². The van der Waals surface area contributed by atoms with Gasteiger partial charge in [-0.2, -0.15) is 0 Å². The lowest BCUT2D eigenvalue weighted by atomic mass is 9.61. The van der Waals surface area contributed by atoms with Crippen LogP contribution in [0.4, 0.5) is 0 Å². The van der Waals surface area contributed by atoms with Gasteiger partial charge in [0.1, 0.15) is 6.29 Å². The van der Waals surface area contributed by atoms with E-state index in [0.29, 0.717) is 10.7 Å². The number of carbonyl (C=O) groups excluding carboxylic acids is 1. The normalized spacial score (nSPS) is 38.8. The maximum atomic E-state index is 10.5. The number of rotatable bonds is 4. The molecule has 0 amide bonds. The van der Waals surface area contributed by atoms with Gasteiger partial charge in [-0.25, -0.2) is 0 Å². The van der Waals surface area contributed by atoms with Crippen LogP contribution >= 0.6 is 15.9 Å². The molecule has 3 unspecified atom stereocenters. The zero-order valence-corrected chi connectivity index (χ0v) is 13.1. The summed E-state index contributed by atoms with van der Waals surface area (Å²) in [6.45, 7) is 7.66. The Morgan fingerprint density at radius 3 is 2.72 bits per heavy atom. The molecule has 1 saturated heterocycles. The summed E-state index contributed by atoms with van der Waals surface area (Å²) in [6.07, 6.45) is 7.06. The first kappa shape index (κ1) is 14.3. The van der Waals surface area contributed by atoms with Crippen LogP contribution in [0.25, 0.3) is 0 Å². The summed E-state index contributed by atoms with van der Waals surface area (Å²) in [5.74, 6) is 0.582. The van der Waals surface area contributed by atoms with Crippen LogP contribution in [0.15, 0.2) is 11.6 Å². The summed E-state index contributed by atoms with van der Waals surface area (Å²) in [6, 6.07) is 0. The average molecular weight is 315 g/mol. The van der Waals surface area contributed by atoms with Crippen molar-refractivity contribution in [3.63, 3.8) is 0 Å². The molecule has 2 rings (SSSR count). The Kier molecular flexibility index (Phi) is 4.03. The third-order valence-corrected chi connectivity index (χ3v) is 6.49. The number of alkyl halides is 1. The van der Waals surface area contributed by atoms with Crippen molar-refractivity contribution in [1.82, 2.24) is 0 Å². The molecule has 1 spiro atoms. The number of epoxide rings is 1. The van der Waals surface area contributed by atoms with Crippen LogP contribution in [0.2, 0.25) is 0 Å². The van der Waals surface area contributed by atoms with Gasteiger partial charge in [0.15, 0.2) is 0 Å². The third kappa shape index (κ3) is 2.57. The summed E-state index contributed by atoms with van der Waals surface area (Å²) < 4.78 is 5.82. The highest BCUT2D eigenvalue weighted by Crippen LogP contribution is 2.57. The van der Waals surface area contributed by atoms with E-state index in [1.807, 2.05) is 6.92 Å². The predicted molar refractivity (Wildman–Crippen MR) is 77.0 cm³/mol. The predicted octanol–water partition coefficient (Wildman–Crippen LogP) is 3.88. The van der Waals surface area contributed by atoms with Crippen molar-refractivity contribution in [3.05, 3.63) is 11.6 Å². The van der Waals surface area contributed by atoms with Gasteiger partial charge in [0.2, 0.25) is 0 Å². The number of ether oxygens (including phenoxy) is 1. The lowest BCUT2D eigenvalue weighted by Crippen LogP contribution is -2.47. The Balaban J connectivity index is 2.07. The van der Waals surface area contributed by atoms with Crippen LogP contribution in [-0.2, 0) is 9.53 Å². The van der Waals surface area contributed by atoms with E-state index in [9.17, 15) is 4.79 Å². The first-order valence-electron chi connectivity index (χ1n) is 6.81. The number of hydrogen-bond donors (Lipinski definition) is 0. The van der Waals surface area contributed by atoms with E-state index < -0.39 is 0 Å². The molecule has 18 heavy (non-hydrogen) atoms. The summed E-state index contributed by atoms with van der Waals surface area (Å²) in [5.41, 5.74) is 1.58. The molecule has 3 atom stereocenters. The fourth-order valence-corrected chi connectivity index (χ4v) is 4.01. The lowest BCUT2D eigenvalue weighted by Gasteiger charge is -2.46. The third-order valence-electron chi connectivity index (χ3n) is 4.86. The van der Waals surface area contributed by atoms with Crippen LogP contribution in [0.3, 0.4) is 0 Å². The van der Waals surface area contributed by atoms with Crippen molar-refractivity contribution in [2.24, 2.45) is 11.3 Å². The van der Waals surface area contributed by atoms with E-state index >= 15 is 0 Å². The van der Waals surface area contributed by atoms with Gasteiger partial charge in [-0.05, 0) is 50.0 Å². The second kappa shape index (κ2) is 5.09. The first-order valence-corrected chi connectivity index (χ1v) is 7.73. The molecular weight excluding hydrogens is 292 g/mol. The van der Waals surface area contributed by atoms with Gasteiger partial charge < -0.3 is 4.74 Å². The van der Waals surface area contributed by atoms with Crippen molar-refractivity contribution < 1.29 is 9.53 Å². The molecule has 1 aliphatic carbocycles. The molecule has 1 saturated carbocycles. The van der Waals surface area contributed by atoms with E-state index in [1.165, 1.54) is 18.4 Å². The van der Waals surface area contributed by atoms with E-state index in [4.69, 9.17) is 4.74 Å². The van der Waals surface area contributed by atoms with E-state index in [2.05, 4.69) is 29.8 Å². The maximum Gasteiger partial charge on any atom is 0.142 e. The number of hydrogen-bond acceptors (Lipinski definition) is 2. The van der Waals surface area contributed by atoms with Crippen molar-refractivity contribution in [2.75, 3.05) is 6.61 Å². The van der Waals surface area contributed by atoms with Gasteiger partial charge in [-0.1, -0.05) is 35.4 Å². The number of carbonyl (C=O) groups is 1. The molecule has 2 fully saturated rings. The quantitative estimate of drug-likeness (QED) is 0.341. The number of allylic oxidation sites excluding steroid dienone is 2. The summed E-state index contributed by atoms with van der Waals surface area (Å²) in [4.78, 5) is 11.0. The molecule has 102 valence electrons. The van der Waals surface area contributed by atoms with Gasteiger partial charge in [-0.3, -0.25) is 4.79 Å². The van der Waals surface area contributed by atoms with E-state index in [0.717, 1.165) is 25.7 Å². The average Bonchev–Trinajstić information content (AvgIpc) is 3.05.